The van der Waals surface area contributed by atoms with Crippen LogP contribution >= 0.6 is 45.3 Å². The molecule has 0 aliphatic rings. The molecule has 12 heavy (non-hydrogen) atoms. The molecule has 0 aromatic carbocycles. The van der Waals surface area contributed by atoms with Gasteiger partial charge in [0, 0.05) is 0 Å². The molecule has 0 saturated carbocycles. The number of aryl methyl sites for hydroxylation is 1. The van der Waals surface area contributed by atoms with Crippen molar-refractivity contribution >= 4 is 45.3 Å². The van der Waals surface area contributed by atoms with E-state index in [1.54, 1.807) is 22.7 Å². The van der Waals surface area contributed by atoms with E-state index in [-0.39, 0.29) is 0 Å². The topological polar surface area (TPSA) is 25.8 Å². The fourth-order valence-corrected chi connectivity index (χ4v) is 3.11. The zero-order valence-electron chi connectivity index (χ0n) is 6.24. The number of halogens is 1. The molecule has 0 aliphatic heterocycles. The predicted molar refractivity (Wildman–Crippen MR) is 60.7 cm³/mol. The molecular weight excluding hydrogens is 303 g/mol. The Morgan fingerprint density at radius 1 is 1.42 bits per heavy atom. The van der Waals surface area contributed by atoms with Crippen LogP contribution in [0.4, 0.5) is 0 Å². The third-order valence-corrected chi connectivity index (χ3v) is 4.15. The third kappa shape index (κ3) is 1.67. The van der Waals surface area contributed by atoms with Gasteiger partial charge < -0.3 is 0 Å². The Morgan fingerprint density at radius 2 is 2.25 bits per heavy atom. The van der Waals surface area contributed by atoms with Gasteiger partial charge in [-0.1, -0.05) is 11.3 Å². The first-order valence-corrected chi connectivity index (χ1v) is 6.08. The highest BCUT2D eigenvalue weighted by Crippen LogP contribution is 2.29. The molecule has 0 saturated heterocycles. The van der Waals surface area contributed by atoms with Gasteiger partial charge in [-0.05, 0) is 46.5 Å². The lowest BCUT2D eigenvalue weighted by atomic mass is 10.3. The van der Waals surface area contributed by atoms with Crippen molar-refractivity contribution in [3.8, 4) is 9.88 Å². The first-order chi connectivity index (χ1) is 5.75. The second-order valence-electron chi connectivity index (χ2n) is 2.35. The van der Waals surface area contributed by atoms with E-state index < -0.39 is 0 Å². The Balaban J connectivity index is 2.43. The normalized spacial score (nSPS) is 10.5. The Kier molecular flexibility index (Phi) is 2.42. The van der Waals surface area contributed by atoms with Gasteiger partial charge >= 0.3 is 0 Å². The second-order valence-corrected chi connectivity index (χ2v) is 5.99. The first-order valence-electron chi connectivity index (χ1n) is 3.30. The first kappa shape index (κ1) is 8.58. The molecule has 0 radical (unpaired) electrons. The molecule has 0 amide bonds. The molecule has 5 heteroatoms. The largest absolute Gasteiger partial charge is 0.178 e. The fourth-order valence-electron chi connectivity index (χ4n) is 0.848. The number of hydrogen-bond acceptors (Lipinski definition) is 4. The van der Waals surface area contributed by atoms with Crippen molar-refractivity contribution < 1.29 is 0 Å². The summed E-state index contributed by atoms with van der Waals surface area (Å²) in [5, 5.41) is 11.2. The Hall–Kier alpha value is -0.01000. The lowest BCUT2D eigenvalue weighted by Crippen LogP contribution is -1.70. The van der Waals surface area contributed by atoms with E-state index >= 15 is 0 Å². The van der Waals surface area contributed by atoms with Crippen molar-refractivity contribution in [2.24, 2.45) is 0 Å². The van der Waals surface area contributed by atoms with Crippen LogP contribution in [-0.2, 0) is 0 Å². The van der Waals surface area contributed by atoms with E-state index in [1.807, 2.05) is 0 Å². The standard InChI is InChI=1S/C7H5IN2S2/c1-4-2-5(11-3-4)6-9-10-7(8)12-6/h2-3H,1H3. The second kappa shape index (κ2) is 3.39. The van der Waals surface area contributed by atoms with Gasteiger partial charge in [0.1, 0.15) is 0 Å². The minimum absolute atomic E-state index is 0.994. The monoisotopic (exact) mass is 308 g/mol. The van der Waals surface area contributed by atoms with E-state index in [9.17, 15) is 0 Å². The molecule has 2 nitrogen and oxygen atoms in total. The highest BCUT2D eigenvalue weighted by atomic mass is 127. The van der Waals surface area contributed by atoms with Gasteiger partial charge in [0.15, 0.2) is 8.02 Å². The molecule has 2 aromatic heterocycles. The van der Waals surface area contributed by atoms with Gasteiger partial charge in [-0.3, -0.25) is 0 Å². The zero-order chi connectivity index (χ0) is 8.55. The van der Waals surface area contributed by atoms with Crippen LogP contribution in [0.25, 0.3) is 9.88 Å². The summed E-state index contributed by atoms with van der Waals surface area (Å²) in [4.78, 5) is 1.22. The van der Waals surface area contributed by atoms with Crippen LogP contribution in [-0.4, -0.2) is 10.2 Å². The van der Waals surface area contributed by atoms with Crippen molar-refractivity contribution in [3.63, 3.8) is 0 Å². The molecule has 0 bridgehead atoms. The summed E-state index contributed by atoms with van der Waals surface area (Å²) in [7, 11) is 0. The molecule has 62 valence electrons. The molecule has 0 N–H and O–H groups in total. The van der Waals surface area contributed by atoms with Crippen LogP contribution < -0.4 is 0 Å². The number of thiophene rings is 1. The highest BCUT2D eigenvalue weighted by molar-refractivity contribution is 14.1. The molecule has 2 aromatic rings. The van der Waals surface area contributed by atoms with Crippen molar-refractivity contribution in [1.29, 1.82) is 0 Å². The number of nitrogens with zero attached hydrogens (tertiary/aromatic N) is 2. The Labute approximate surface area is 91.8 Å². The van der Waals surface area contributed by atoms with Gasteiger partial charge in [-0.25, -0.2) is 0 Å². The highest BCUT2D eigenvalue weighted by Gasteiger charge is 2.05. The van der Waals surface area contributed by atoms with E-state index in [2.05, 4.69) is 51.2 Å². The SMILES string of the molecule is Cc1csc(-c2nnc(I)s2)c1. The maximum absolute atomic E-state index is 4.07. The molecular formula is C7H5IN2S2. The number of hydrogen-bond donors (Lipinski definition) is 0. The Morgan fingerprint density at radius 3 is 2.75 bits per heavy atom. The zero-order valence-corrected chi connectivity index (χ0v) is 10.0. The fraction of sp³-hybridized carbons (Fsp3) is 0.143. The minimum Gasteiger partial charge on any atom is -0.141 e. The molecule has 2 rings (SSSR count). The van der Waals surface area contributed by atoms with Gasteiger partial charge in [0.05, 0.1) is 4.88 Å². The van der Waals surface area contributed by atoms with E-state index in [4.69, 9.17) is 0 Å². The lowest BCUT2D eigenvalue weighted by Gasteiger charge is -1.82. The van der Waals surface area contributed by atoms with Crippen molar-refractivity contribution in [2.45, 2.75) is 6.92 Å². The summed E-state index contributed by atoms with van der Waals surface area (Å²) < 4.78 is 0.994. The van der Waals surface area contributed by atoms with Gasteiger partial charge in [0.2, 0.25) is 0 Å². The van der Waals surface area contributed by atoms with Crippen molar-refractivity contribution in [3.05, 3.63) is 20.0 Å². The summed E-state index contributed by atoms with van der Waals surface area (Å²) in [5.74, 6) is 0. The molecule has 0 aliphatic carbocycles. The van der Waals surface area contributed by atoms with Crippen LogP contribution in [0.1, 0.15) is 5.56 Å². The van der Waals surface area contributed by atoms with Crippen molar-refractivity contribution in [2.75, 3.05) is 0 Å². The third-order valence-electron chi connectivity index (χ3n) is 1.34. The average molecular weight is 308 g/mol. The van der Waals surface area contributed by atoms with E-state index in [0.717, 1.165) is 8.02 Å². The summed E-state index contributed by atoms with van der Waals surface area (Å²) in [5.41, 5.74) is 1.29. The summed E-state index contributed by atoms with van der Waals surface area (Å²) in [6.45, 7) is 2.09. The summed E-state index contributed by atoms with van der Waals surface area (Å²) in [6, 6.07) is 2.14. The maximum atomic E-state index is 4.07. The summed E-state index contributed by atoms with van der Waals surface area (Å²) >= 11 is 5.53. The smallest absolute Gasteiger partial charge is 0.141 e. The van der Waals surface area contributed by atoms with Crippen LogP contribution in [0.3, 0.4) is 0 Å². The van der Waals surface area contributed by atoms with Crippen molar-refractivity contribution in [1.82, 2.24) is 10.2 Å². The van der Waals surface area contributed by atoms with E-state index in [0.29, 0.717) is 0 Å². The quantitative estimate of drug-likeness (QED) is 0.756. The molecule has 0 fully saturated rings. The van der Waals surface area contributed by atoms with E-state index in [1.165, 1.54) is 10.4 Å². The molecule has 0 atom stereocenters. The minimum atomic E-state index is 0.994. The van der Waals surface area contributed by atoms with Crippen LogP contribution in [0.5, 0.6) is 0 Å². The van der Waals surface area contributed by atoms with Crippen LogP contribution in [0.2, 0.25) is 0 Å². The number of rotatable bonds is 1. The van der Waals surface area contributed by atoms with Crippen LogP contribution in [0, 0.1) is 9.94 Å². The maximum Gasteiger partial charge on any atom is 0.178 e. The molecule has 0 unspecified atom stereocenters. The van der Waals surface area contributed by atoms with Gasteiger partial charge in [0.25, 0.3) is 0 Å². The van der Waals surface area contributed by atoms with Gasteiger partial charge in [-0.2, -0.15) is 0 Å². The molecule has 2 heterocycles. The van der Waals surface area contributed by atoms with Crippen LogP contribution in [0.15, 0.2) is 11.4 Å². The average Bonchev–Trinajstić information content (AvgIpc) is 2.58. The lowest BCUT2D eigenvalue weighted by molar-refractivity contribution is 1.08. The number of aromatic nitrogens is 2. The Bertz CT molecular complexity index is 355. The van der Waals surface area contributed by atoms with Gasteiger partial charge in [-0.15, -0.1) is 21.5 Å². The predicted octanol–water partition coefficient (Wildman–Crippen LogP) is 3.18. The molecule has 0 spiro atoms. The summed E-state index contributed by atoms with van der Waals surface area (Å²) in [6.07, 6.45) is 0.